The molecule has 0 bridgehead atoms. The Hall–Kier alpha value is 0.290. The molecule has 1 saturated carbocycles. The zero-order valence-corrected chi connectivity index (χ0v) is 10.6. The molecular formula is C13H24Cl. The highest BCUT2D eigenvalue weighted by molar-refractivity contribution is 6.18. The fourth-order valence-electron chi connectivity index (χ4n) is 3.09. The quantitative estimate of drug-likeness (QED) is 0.472. The maximum absolute atomic E-state index is 5.67. The van der Waals surface area contributed by atoms with Gasteiger partial charge in [0, 0.05) is 5.88 Å². The summed E-state index contributed by atoms with van der Waals surface area (Å²) in [5, 5.41) is 0. The van der Waals surface area contributed by atoms with Gasteiger partial charge in [0.05, 0.1) is 0 Å². The SMILES string of the molecule is CC1CCCC(C)(C)C1CC[CH]CCl. The molecule has 0 aromatic carbocycles. The lowest BCUT2D eigenvalue weighted by Crippen LogP contribution is -2.33. The first-order chi connectivity index (χ1) is 6.58. The standard InChI is InChI=1S/C13H24Cl/c1-11-7-6-9-13(2,3)12(11)8-4-5-10-14/h5,11-12H,4,6-10H2,1-3H3. The molecule has 0 aromatic heterocycles. The molecule has 1 radical (unpaired) electrons. The van der Waals surface area contributed by atoms with E-state index in [0.717, 1.165) is 11.8 Å². The van der Waals surface area contributed by atoms with Crippen LogP contribution in [0.1, 0.15) is 52.9 Å². The normalized spacial score (nSPS) is 31.7. The third kappa shape index (κ3) is 3.15. The Morgan fingerprint density at radius 1 is 1.43 bits per heavy atom. The van der Waals surface area contributed by atoms with Gasteiger partial charge < -0.3 is 0 Å². The van der Waals surface area contributed by atoms with Gasteiger partial charge >= 0.3 is 0 Å². The monoisotopic (exact) mass is 215 g/mol. The molecule has 1 aliphatic rings. The number of alkyl halides is 1. The van der Waals surface area contributed by atoms with Crippen LogP contribution >= 0.6 is 11.6 Å². The minimum absolute atomic E-state index is 0.553. The van der Waals surface area contributed by atoms with Crippen molar-refractivity contribution in [2.24, 2.45) is 17.3 Å². The molecule has 1 rings (SSSR count). The van der Waals surface area contributed by atoms with E-state index in [9.17, 15) is 0 Å². The summed E-state index contributed by atoms with van der Waals surface area (Å²) in [5.41, 5.74) is 0.553. The molecule has 14 heavy (non-hydrogen) atoms. The van der Waals surface area contributed by atoms with Gasteiger partial charge in [-0.25, -0.2) is 0 Å². The average Bonchev–Trinajstić information content (AvgIpc) is 2.09. The summed E-state index contributed by atoms with van der Waals surface area (Å²) in [5.74, 6) is 2.51. The van der Waals surface area contributed by atoms with Gasteiger partial charge in [0.2, 0.25) is 0 Å². The summed E-state index contributed by atoms with van der Waals surface area (Å²) in [4.78, 5) is 0. The summed E-state index contributed by atoms with van der Waals surface area (Å²) in [6.07, 6.45) is 8.99. The predicted octanol–water partition coefficient (Wildman–Crippen LogP) is 4.67. The molecule has 1 aliphatic carbocycles. The van der Waals surface area contributed by atoms with Crippen molar-refractivity contribution in [2.45, 2.75) is 52.9 Å². The number of rotatable bonds is 4. The maximum atomic E-state index is 5.67. The minimum atomic E-state index is 0.553. The molecule has 83 valence electrons. The van der Waals surface area contributed by atoms with Crippen molar-refractivity contribution in [3.05, 3.63) is 6.42 Å². The van der Waals surface area contributed by atoms with Gasteiger partial charge in [-0.05, 0) is 42.9 Å². The number of unbranched alkanes of at least 4 members (excludes halogenated alkanes) is 1. The zero-order valence-electron chi connectivity index (χ0n) is 9.85. The van der Waals surface area contributed by atoms with Crippen LogP contribution in [0.3, 0.4) is 0 Å². The van der Waals surface area contributed by atoms with E-state index in [1.165, 1.54) is 32.1 Å². The maximum Gasteiger partial charge on any atom is 0.0254 e. The lowest BCUT2D eigenvalue weighted by molar-refractivity contribution is 0.0766. The Balaban J connectivity index is 2.44. The molecule has 2 unspecified atom stereocenters. The highest BCUT2D eigenvalue weighted by atomic mass is 35.5. The van der Waals surface area contributed by atoms with Crippen LogP contribution in [0.25, 0.3) is 0 Å². The molecule has 0 amide bonds. The van der Waals surface area contributed by atoms with Crippen molar-refractivity contribution in [1.29, 1.82) is 0 Å². The first-order valence-corrected chi connectivity index (χ1v) is 6.49. The van der Waals surface area contributed by atoms with Crippen molar-refractivity contribution in [3.63, 3.8) is 0 Å². The number of halogens is 1. The zero-order chi connectivity index (χ0) is 10.6. The first kappa shape index (κ1) is 12.4. The second kappa shape index (κ2) is 5.39. The topological polar surface area (TPSA) is 0 Å². The van der Waals surface area contributed by atoms with Crippen molar-refractivity contribution < 1.29 is 0 Å². The molecule has 0 N–H and O–H groups in total. The summed E-state index contributed by atoms with van der Waals surface area (Å²) < 4.78 is 0. The van der Waals surface area contributed by atoms with Crippen LogP contribution in [0.5, 0.6) is 0 Å². The van der Waals surface area contributed by atoms with E-state index in [-0.39, 0.29) is 0 Å². The summed E-state index contributed by atoms with van der Waals surface area (Å²) >= 11 is 5.67. The van der Waals surface area contributed by atoms with E-state index in [1.807, 2.05) is 0 Å². The molecule has 0 nitrogen and oxygen atoms in total. The molecular weight excluding hydrogens is 192 g/mol. The second-order valence-corrected chi connectivity index (χ2v) is 5.79. The molecule has 0 spiro atoms. The summed E-state index contributed by atoms with van der Waals surface area (Å²) in [6, 6.07) is 0. The van der Waals surface area contributed by atoms with Gasteiger partial charge in [-0.1, -0.05) is 33.6 Å². The van der Waals surface area contributed by atoms with E-state index < -0.39 is 0 Å². The van der Waals surface area contributed by atoms with Crippen molar-refractivity contribution in [3.8, 4) is 0 Å². The minimum Gasteiger partial charge on any atom is -0.126 e. The average molecular weight is 216 g/mol. The number of hydrogen-bond donors (Lipinski definition) is 0. The van der Waals surface area contributed by atoms with Crippen LogP contribution in [0.15, 0.2) is 0 Å². The van der Waals surface area contributed by atoms with Crippen LogP contribution in [0.2, 0.25) is 0 Å². The highest BCUT2D eigenvalue weighted by Crippen LogP contribution is 2.46. The Morgan fingerprint density at radius 3 is 2.71 bits per heavy atom. The Bertz CT molecular complexity index is 163. The van der Waals surface area contributed by atoms with Crippen LogP contribution in [0.4, 0.5) is 0 Å². The molecule has 1 fully saturated rings. The van der Waals surface area contributed by atoms with Gasteiger partial charge in [0.25, 0.3) is 0 Å². The highest BCUT2D eigenvalue weighted by Gasteiger charge is 2.35. The van der Waals surface area contributed by atoms with Crippen LogP contribution in [0, 0.1) is 23.7 Å². The molecule has 0 saturated heterocycles. The summed E-state index contributed by atoms with van der Waals surface area (Å²) in [7, 11) is 0. The lowest BCUT2D eigenvalue weighted by Gasteiger charge is -2.43. The fourth-order valence-corrected chi connectivity index (χ4v) is 3.24. The summed E-state index contributed by atoms with van der Waals surface area (Å²) in [6.45, 7) is 7.30. The Kier molecular flexibility index (Phi) is 4.76. The van der Waals surface area contributed by atoms with Gasteiger partial charge in [-0.2, -0.15) is 0 Å². The molecule has 0 heterocycles. The Morgan fingerprint density at radius 2 is 2.14 bits per heavy atom. The van der Waals surface area contributed by atoms with Gasteiger partial charge in [0.1, 0.15) is 0 Å². The van der Waals surface area contributed by atoms with Crippen molar-refractivity contribution in [2.75, 3.05) is 5.88 Å². The van der Waals surface area contributed by atoms with Gasteiger partial charge in [-0.3, -0.25) is 0 Å². The smallest absolute Gasteiger partial charge is 0.0254 e. The van der Waals surface area contributed by atoms with Gasteiger partial charge in [-0.15, -0.1) is 11.6 Å². The first-order valence-electron chi connectivity index (χ1n) is 5.95. The molecule has 2 atom stereocenters. The predicted molar refractivity (Wildman–Crippen MR) is 64.5 cm³/mol. The second-order valence-electron chi connectivity index (χ2n) is 5.48. The van der Waals surface area contributed by atoms with Crippen molar-refractivity contribution >= 4 is 11.6 Å². The molecule has 0 aromatic rings. The van der Waals surface area contributed by atoms with Crippen molar-refractivity contribution in [1.82, 2.24) is 0 Å². The van der Waals surface area contributed by atoms with Gasteiger partial charge in [0.15, 0.2) is 0 Å². The van der Waals surface area contributed by atoms with Crippen LogP contribution < -0.4 is 0 Å². The molecule has 1 heteroatoms. The Labute approximate surface area is 94.4 Å². The number of hydrogen-bond acceptors (Lipinski definition) is 0. The largest absolute Gasteiger partial charge is 0.126 e. The third-order valence-corrected chi connectivity index (χ3v) is 4.18. The van der Waals surface area contributed by atoms with E-state index in [1.54, 1.807) is 0 Å². The van der Waals surface area contributed by atoms with Crippen LogP contribution in [-0.4, -0.2) is 5.88 Å². The van der Waals surface area contributed by atoms with E-state index in [0.29, 0.717) is 11.3 Å². The molecule has 0 aliphatic heterocycles. The van der Waals surface area contributed by atoms with E-state index >= 15 is 0 Å². The fraction of sp³-hybridized carbons (Fsp3) is 0.923. The lowest BCUT2D eigenvalue weighted by atomic mass is 9.62. The van der Waals surface area contributed by atoms with E-state index in [2.05, 4.69) is 27.2 Å². The van der Waals surface area contributed by atoms with Crippen LogP contribution in [-0.2, 0) is 0 Å². The van der Waals surface area contributed by atoms with E-state index in [4.69, 9.17) is 11.6 Å². The third-order valence-electron chi connectivity index (χ3n) is 3.96.